The average Bonchev–Trinajstić information content (AvgIpc) is 2.61. The molecule has 3 nitrogen and oxygen atoms in total. The standard InChI is InChI=1S/C10H13NO2/c12-10-3-4-11-7-8(10)6-9-2-1-5-13-9/h1-2,5-6,10-12H,3-4,7H2/b8-6+. The highest BCUT2D eigenvalue weighted by molar-refractivity contribution is 5.49. The minimum atomic E-state index is -0.314. The van der Waals surface area contributed by atoms with Crippen LogP contribution in [0.1, 0.15) is 12.2 Å². The predicted molar refractivity (Wildman–Crippen MR) is 50.2 cm³/mol. The Morgan fingerprint density at radius 1 is 1.62 bits per heavy atom. The molecule has 0 saturated carbocycles. The molecule has 1 unspecified atom stereocenters. The molecule has 1 aromatic rings. The average molecular weight is 179 g/mol. The molecular formula is C10H13NO2. The van der Waals surface area contributed by atoms with Gasteiger partial charge in [-0.25, -0.2) is 0 Å². The van der Waals surface area contributed by atoms with E-state index < -0.39 is 0 Å². The summed E-state index contributed by atoms with van der Waals surface area (Å²) >= 11 is 0. The van der Waals surface area contributed by atoms with Gasteiger partial charge in [0.1, 0.15) is 5.76 Å². The van der Waals surface area contributed by atoms with Crippen LogP contribution in [0.25, 0.3) is 6.08 Å². The molecule has 1 fully saturated rings. The van der Waals surface area contributed by atoms with E-state index >= 15 is 0 Å². The third kappa shape index (κ3) is 1.99. The van der Waals surface area contributed by atoms with Crippen molar-refractivity contribution in [3.63, 3.8) is 0 Å². The van der Waals surface area contributed by atoms with Gasteiger partial charge in [0, 0.05) is 6.54 Å². The Morgan fingerprint density at radius 3 is 3.23 bits per heavy atom. The Morgan fingerprint density at radius 2 is 2.54 bits per heavy atom. The number of nitrogens with one attached hydrogen (secondary N) is 1. The van der Waals surface area contributed by atoms with E-state index in [1.807, 2.05) is 18.2 Å². The van der Waals surface area contributed by atoms with Gasteiger partial charge in [-0.15, -0.1) is 0 Å². The molecule has 2 heterocycles. The fourth-order valence-corrected chi connectivity index (χ4v) is 1.48. The second-order valence-electron chi connectivity index (χ2n) is 3.22. The molecular weight excluding hydrogens is 166 g/mol. The van der Waals surface area contributed by atoms with E-state index in [2.05, 4.69) is 5.32 Å². The quantitative estimate of drug-likeness (QED) is 0.676. The summed E-state index contributed by atoms with van der Waals surface area (Å²) in [6.07, 6.45) is 4.00. The molecule has 0 radical (unpaired) electrons. The van der Waals surface area contributed by atoms with E-state index in [0.29, 0.717) is 0 Å². The Hall–Kier alpha value is -1.06. The van der Waals surface area contributed by atoms with Crippen molar-refractivity contribution >= 4 is 6.08 Å². The lowest BCUT2D eigenvalue weighted by molar-refractivity contribution is 0.185. The molecule has 0 aromatic carbocycles. The van der Waals surface area contributed by atoms with Crippen LogP contribution in [0, 0.1) is 0 Å². The van der Waals surface area contributed by atoms with E-state index in [1.165, 1.54) is 0 Å². The lowest BCUT2D eigenvalue weighted by Gasteiger charge is -2.21. The number of piperidine rings is 1. The topological polar surface area (TPSA) is 45.4 Å². The molecule has 3 heteroatoms. The summed E-state index contributed by atoms with van der Waals surface area (Å²) in [4.78, 5) is 0. The second kappa shape index (κ2) is 3.77. The van der Waals surface area contributed by atoms with Gasteiger partial charge in [0.05, 0.1) is 12.4 Å². The van der Waals surface area contributed by atoms with Crippen LogP contribution >= 0.6 is 0 Å². The van der Waals surface area contributed by atoms with Crippen LogP contribution in [0.2, 0.25) is 0 Å². The summed E-state index contributed by atoms with van der Waals surface area (Å²) in [6.45, 7) is 1.64. The van der Waals surface area contributed by atoms with Crippen molar-refractivity contribution in [3.05, 3.63) is 29.7 Å². The maximum atomic E-state index is 9.62. The molecule has 0 spiro atoms. The van der Waals surface area contributed by atoms with Crippen LogP contribution in [0.5, 0.6) is 0 Å². The first kappa shape index (κ1) is 8.53. The number of aliphatic hydroxyl groups excluding tert-OH is 1. The smallest absolute Gasteiger partial charge is 0.126 e. The van der Waals surface area contributed by atoms with E-state index in [-0.39, 0.29) is 6.10 Å². The lowest BCUT2D eigenvalue weighted by atomic mass is 10.0. The van der Waals surface area contributed by atoms with E-state index in [0.717, 1.165) is 30.8 Å². The number of hydrogen-bond donors (Lipinski definition) is 2. The first-order valence-electron chi connectivity index (χ1n) is 4.49. The van der Waals surface area contributed by atoms with Gasteiger partial charge in [0.2, 0.25) is 0 Å². The summed E-state index contributed by atoms with van der Waals surface area (Å²) in [5, 5.41) is 12.8. The molecule has 1 aromatic heterocycles. The third-order valence-corrected chi connectivity index (χ3v) is 2.22. The number of aliphatic hydroxyl groups is 1. The van der Waals surface area contributed by atoms with Crippen molar-refractivity contribution in [3.8, 4) is 0 Å². The van der Waals surface area contributed by atoms with Gasteiger partial charge in [-0.1, -0.05) is 0 Å². The molecule has 13 heavy (non-hydrogen) atoms. The number of rotatable bonds is 1. The van der Waals surface area contributed by atoms with Crippen molar-refractivity contribution in [2.24, 2.45) is 0 Å². The van der Waals surface area contributed by atoms with Gasteiger partial charge < -0.3 is 14.8 Å². The van der Waals surface area contributed by atoms with E-state index in [4.69, 9.17) is 4.42 Å². The third-order valence-electron chi connectivity index (χ3n) is 2.22. The largest absolute Gasteiger partial charge is 0.465 e. The minimum Gasteiger partial charge on any atom is -0.465 e. The van der Waals surface area contributed by atoms with Crippen molar-refractivity contribution in [1.82, 2.24) is 5.32 Å². The highest BCUT2D eigenvalue weighted by atomic mass is 16.3. The lowest BCUT2D eigenvalue weighted by Crippen LogP contribution is -2.33. The highest BCUT2D eigenvalue weighted by Crippen LogP contribution is 2.14. The molecule has 0 amide bonds. The summed E-state index contributed by atoms with van der Waals surface area (Å²) in [7, 11) is 0. The summed E-state index contributed by atoms with van der Waals surface area (Å²) in [6, 6.07) is 3.73. The molecule has 0 bridgehead atoms. The summed E-state index contributed by atoms with van der Waals surface area (Å²) in [5.74, 6) is 0.803. The zero-order valence-electron chi connectivity index (χ0n) is 7.36. The Kier molecular flexibility index (Phi) is 2.47. The molecule has 1 aliphatic rings. The molecule has 0 aliphatic carbocycles. The number of furan rings is 1. The Balaban J connectivity index is 2.14. The van der Waals surface area contributed by atoms with Gasteiger partial charge >= 0.3 is 0 Å². The second-order valence-corrected chi connectivity index (χ2v) is 3.22. The minimum absolute atomic E-state index is 0.314. The van der Waals surface area contributed by atoms with E-state index in [9.17, 15) is 5.11 Å². The zero-order chi connectivity index (χ0) is 9.10. The number of hydrogen-bond acceptors (Lipinski definition) is 3. The first-order chi connectivity index (χ1) is 6.36. The molecule has 1 aliphatic heterocycles. The van der Waals surface area contributed by atoms with Gasteiger partial charge in [-0.3, -0.25) is 0 Å². The highest BCUT2D eigenvalue weighted by Gasteiger charge is 2.15. The van der Waals surface area contributed by atoms with Crippen molar-refractivity contribution in [2.75, 3.05) is 13.1 Å². The summed E-state index contributed by atoms with van der Waals surface area (Å²) in [5.41, 5.74) is 1.00. The van der Waals surface area contributed by atoms with Crippen molar-refractivity contribution in [1.29, 1.82) is 0 Å². The van der Waals surface area contributed by atoms with Crippen molar-refractivity contribution in [2.45, 2.75) is 12.5 Å². The molecule has 2 N–H and O–H groups in total. The van der Waals surface area contributed by atoms with Crippen molar-refractivity contribution < 1.29 is 9.52 Å². The zero-order valence-corrected chi connectivity index (χ0v) is 7.36. The molecule has 2 rings (SSSR count). The monoisotopic (exact) mass is 179 g/mol. The van der Waals surface area contributed by atoms with Crippen LogP contribution in [-0.2, 0) is 0 Å². The normalized spacial score (nSPS) is 26.5. The fourth-order valence-electron chi connectivity index (χ4n) is 1.48. The van der Waals surface area contributed by atoms with Gasteiger partial charge in [0.25, 0.3) is 0 Å². The van der Waals surface area contributed by atoms with Gasteiger partial charge in [0.15, 0.2) is 0 Å². The SMILES string of the molecule is OC1CCNC/C1=C\c1ccco1. The van der Waals surface area contributed by atoms with Crippen LogP contribution < -0.4 is 5.32 Å². The molecule has 1 atom stereocenters. The fraction of sp³-hybridized carbons (Fsp3) is 0.400. The van der Waals surface area contributed by atoms with E-state index in [1.54, 1.807) is 6.26 Å². The maximum Gasteiger partial charge on any atom is 0.126 e. The molecule has 70 valence electrons. The van der Waals surface area contributed by atoms with Crippen LogP contribution in [0.15, 0.2) is 28.4 Å². The Bertz CT molecular complexity index is 290. The van der Waals surface area contributed by atoms with Crippen LogP contribution in [0.4, 0.5) is 0 Å². The van der Waals surface area contributed by atoms with Crippen LogP contribution in [-0.4, -0.2) is 24.3 Å². The van der Waals surface area contributed by atoms with Gasteiger partial charge in [-0.2, -0.15) is 0 Å². The Labute approximate surface area is 77.1 Å². The van der Waals surface area contributed by atoms with Gasteiger partial charge in [-0.05, 0) is 36.7 Å². The summed E-state index contributed by atoms with van der Waals surface area (Å²) < 4.78 is 5.17. The van der Waals surface area contributed by atoms with Crippen LogP contribution in [0.3, 0.4) is 0 Å². The predicted octanol–water partition coefficient (Wildman–Crippen LogP) is 1.02. The molecule has 1 saturated heterocycles. The first-order valence-corrected chi connectivity index (χ1v) is 4.49. The maximum absolute atomic E-state index is 9.62.